The van der Waals surface area contributed by atoms with E-state index in [4.69, 9.17) is 18.0 Å². The van der Waals surface area contributed by atoms with Gasteiger partial charge in [-0.25, -0.2) is 0 Å². The lowest BCUT2D eigenvalue weighted by molar-refractivity contribution is 0.130. The molecule has 0 amide bonds. The second-order valence-electron chi connectivity index (χ2n) is 4.24. The van der Waals surface area contributed by atoms with E-state index in [2.05, 4.69) is 18.7 Å². The van der Waals surface area contributed by atoms with Crippen molar-refractivity contribution in [1.29, 1.82) is 0 Å². The van der Waals surface area contributed by atoms with E-state index in [0.29, 0.717) is 6.04 Å². The average Bonchev–Trinajstić information content (AvgIpc) is 2.00. The van der Waals surface area contributed by atoms with Crippen LogP contribution < -0.4 is 5.73 Å². The maximum Gasteiger partial charge on any atom is 0.173 e. The van der Waals surface area contributed by atoms with E-state index in [1.165, 1.54) is 0 Å². The van der Waals surface area contributed by atoms with Gasteiger partial charge in [0.1, 0.15) is 0 Å². The van der Waals surface area contributed by atoms with Gasteiger partial charge in [0.2, 0.25) is 0 Å². The number of nitrogens with zero attached hydrogens (tertiary/aromatic N) is 2. The zero-order valence-electron chi connectivity index (χ0n) is 8.87. The van der Waals surface area contributed by atoms with Crippen molar-refractivity contribution in [2.75, 3.05) is 13.6 Å². The van der Waals surface area contributed by atoms with E-state index in [1.54, 1.807) is 0 Å². The minimum absolute atomic E-state index is 0.275. The van der Waals surface area contributed by atoms with Gasteiger partial charge in [-0.05, 0) is 33.0 Å². The first-order valence-corrected chi connectivity index (χ1v) is 5.10. The third-order valence-electron chi connectivity index (χ3n) is 2.78. The number of hydrogen-bond acceptors (Lipinski definition) is 2. The van der Waals surface area contributed by atoms with Gasteiger partial charge in [0.25, 0.3) is 0 Å². The summed E-state index contributed by atoms with van der Waals surface area (Å²) in [6, 6.07) is 0.464. The molecule has 1 saturated heterocycles. The number of hydrogen-bond donors (Lipinski definition) is 1. The molecule has 13 heavy (non-hydrogen) atoms. The Morgan fingerprint density at radius 3 is 2.54 bits per heavy atom. The van der Waals surface area contributed by atoms with Gasteiger partial charge >= 0.3 is 0 Å². The van der Waals surface area contributed by atoms with Crippen LogP contribution in [0.3, 0.4) is 0 Å². The summed E-state index contributed by atoms with van der Waals surface area (Å²) < 4.78 is 0. The zero-order chi connectivity index (χ0) is 10.2. The van der Waals surface area contributed by atoms with Crippen LogP contribution in [0, 0.1) is 0 Å². The van der Waals surface area contributed by atoms with E-state index in [9.17, 15) is 0 Å². The maximum atomic E-state index is 6.09. The lowest BCUT2D eigenvalue weighted by atomic mass is 10.0. The molecule has 1 aliphatic rings. The van der Waals surface area contributed by atoms with Gasteiger partial charge in [0, 0.05) is 26.1 Å². The fourth-order valence-corrected chi connectivity index (χ4v) is 2.01. The lowest BCUT2D eigenvalue weighted by Crippen LogP contribution is -2.64. The molecule has 0 aromatic rings. The van der Waals surface area contributed by atoms with Gasteiger partial charge in [0.15, 0.2) is 5.11 Å². The highest BCUT2D eigenvalue weighted by Crippen LogP contribution is 2.21. The highest BCUT2D eigenvalue weighted by atomic mass is 32.1. The topological polar surface area (TPSA) is 32.5 Å². The third-order valence-corrected chi connectivity index (χ3v) is 3.29. The van der Waals surface area contributed by atoms with Crippen LogP contribution in [0.2, 0.25) is 0 Å². The Bertz CT molecular complexity index is 209. The van der Waals surface area contributed by atoms with Gasteiger partial charge in [0.05, 0.1) is 5.66 Å². The van der Waals surface area contributed by atoms with Gasteiger partial charge in [-0.3, -0.25) is 0 Å². The molecular formula is C9H19N3S. The molecule has 4 heteroatoms. The summed E-state index contributed by atoms with van der Waals surface area (Å²) in [5.41, 5.74) is 5.81. The van der Waals surface area contributed by atoms with Crippen LogP contribution in [-0.4, -0.2) is 40.2 Å². The Hall–Kier alpha value is -0.350. The first-order valence-electron chi connectivity index (χ1n) is 4.69. The molecule has 0 aromatic carbocycles. The second kappa shape index (κ2) is 3.42. The summed E-state index contributed by atoms with van der Waals surface area (Å²) in [6.07, 6.45) is 0.960. The average molecular weight is 201 g/mol. The van der Waals surface area contributed by atoms with E-state index < -0.39 is 0 Å². The Morgan fingerprint density at radius 2 is 2.08 bits per heavy atom. The summed E-state index contributed by atoms with van der Waals surface area (Å²) in [5, 5.41) is 0.867. The van der Waals surface area contributed by atoms with Crippen LogP contribution in [-0.2, 0) is 0 Å². The van der Waals surface area contributed by atoms with E-state index >= 15 is 0 Å². The molecule has 1 atom stereocenters. The van der Waals surface area contributed by atoms with Crippen LogP contribution in [0.5, 0.6) is 0 Å². The molecule has 0 aliphatic carbocycles. The van der Waals surface area contributed by atoms with Gasteiger partial charge < -0.3 is 15.5 Å². The summed E-state index contributed by atoms with van der Waals surface area (Å²) in [5.74, 6) is 0. The first-order chi connectivity index (χ1) is 5.86. The van der Waals surface area contributed by atoms with Gasteiger partial charge in [-0.2, -0.15) is 0 Å². The summed E-state index contributed by atoms with van der Waals surface area (Å²) in [4.78, 5) is 4.20. The fourth-order valence-electron chi connectivity index (χ4n) is 1.50. The number of nitrogens with two attached hydrogens (primary N) is 1. The van der Waals surface area contributed by atoms with E-state index in [0.717, 1.165) is 18.1 Å². The van der Waals surface area contributed by atoms with Crippen LogP contribution in [0.15, 0.2) is 0 Å². The predicted molar refractivity (Wildman–Crippen MR) is 59.4 cm³/mol. The lowest BCUT2D eigenvalue weighted by Gasteiger charge is -2.48. The Kier molecular flexibility index (Phi) is 2.82. The maximum absolute atomic E-state index is 6.09. The van der Waals surface area contributed by atoms with Gasteiger partial charge in [-0.1, -0.05) is 0 Å². The van der Waals surface area contributed by atoms with Crippen molar-refractivity contribution in [2.24, 2.45) is 5.73 Å². The van der Waals surface area contributed by atoms with E-state index in [-0.39, 0.29) is 5.66 Å². The molecule has 1 unspecified atom stereocenters. The first kappa shape index (κ1) is 10.7. The molecule has 0 radical (unpaired) electrons. The van der Waals surface area contributed by atoms with Crippen molar-refractivity contribution >= 4 is 17.3 Å². The number of rotatable bonds is 1. The highest BCUT2D eigenvalue weighted by Gasteiger charge is 2.34. The summed E-state index contributed by atoms with van der Waals surface area (Å²) in [6.45, 7) is 7.30. The SMILES string of the molecule is CC(C)N1CCC(C)(N)N(C)C1=S. The highest BCUT2D eigenvalue weighted by molar-refractivity contribution is 7.80. The normalized spacial score (nSPS) is 30.2. The van der Waals surface area contributed by atoms with Crippen LogP contribution in [0.1, 0.15) is 27.2 Å². The third kappa shape index (κ3) is 1.94. The molecule has 2 N–H and O–H groups in total. The zero-order valence-corrected chi connectivity index (χ0v) is 9.69. The van der Waals surface area contributed by atoms with Crippen molar-refractivity contribution < 1.29 is 0 Å². The Morgan fingerprint density at radius 1 is 1.54 bits per heavy atom. The van der Waals surface area contributed by atoms with Crippen LogP contribution in [0.4, 0.5) is 0 Å². The predicted octanol–water partition coefficient (Wildman–Crippen LogP) is 0.992. The molecule has 0 spiro atoms. The minimum Gasteiger partial charge on any atom is -0.347 e. The van der Waals surface area contributed by atoms with Crippen LogP contribution in [0.25, 0.3) is 0 Å². The molecule has 0 bridgehead atoms. The van der Waals surface area contributed by atoms with Crippen molar-refractivity contribution in [3.63, 3.8) is 0 Å². The minimum atomic E-state index is -0.275. The van der Waals surface area contributed by atoms with Crippen molar-refractivity contribution in [3.8, 4) is 0 Å². The molecule has 1 heterocycles. The summed E-state index contributed by atoms with van der Waals surface area (Å²) in [7, 11) is 1.97. The van der Waals surface area contributed by atoms with Crippen molar-refractivity contribution in [1.82, 2.24) is 9.80 Å². The van der Waals surface area contributed by atoms with Gasteiger partial charge in [-0.15, -0.1) is 0 Å². The largest absolute Gasteiger partial charge is 0.347 e. The second-order valence-corrected chi connectivity index (χ2v) is 4.60. The molecule has 3 nitrogen and oxygen atoms in total. The Balaban J connectivity index is 2.77. The molecule has 1 aliphatic heterocycles. The Labute approximate surface area is 85.9 Å². The monoisotopic (exact) mass is 201 g/mol. The molecule has 0 aromatic heterocycles. The molecule has 1 fully saturated rings. The van der Waals surface area contributed by atoms with Crippen molar-refractivity contribution in [2.45, 2.75) is 38.9 Å². The molecule has 76 valence electrons. The summed E-state index contributed by atoms with van der Waals surface area (Å²) >= 11 is 5.35. The van der Waals surface area contributed by atoms with E-state index in [1.807, 2.05) is 18.9 Å². The smallest absolute Gasteiger partial charge is 0.173 e. The number of thiocarbonyl (C=S) groups is 1. The standard InChI is InChI=1S/C9H19N3S/c1-7(2)12-6-5-9(3,10)11(4)8(12)13/h7H,5-6,10H2,1-4H3. The molecule has 1 rings (SSSR count). The molecule has 0 saturated carbocycles. The fraction of sp³-hybridized carbons (Fsp3) is 0.889. The quantitative estimate of drug-likeness (QED) is 0.641. The van der Waals surface area contributed by atoms with Crippen molar-refractivity contribution in [3.05, 3.63) is 0 Å². The van der Waals surface area contributed by atoms with Crippen LogP contribution >= 0.6 is 12.2 Å². The molecular weight excluding hydrogens is 182 g/mol.